The van der Waals surface area contributed by atoms with E-state index in [0.29, 0.717) is 18.5 Å². The number of likely N-dealkylation sites (tertiary alicyclic amines) is 1. The number of hydrogen-bond donors (Lipinski definition) is 1. The smallest absolute Gasteiger partial charge is 0.393 e. The lowest BCUT2D eigenvalue weighted by Gasteiger charge is -2.27. The van der Waals surface area contributed by atoms with Crippen molar-refractivity contribution in [3.05, 3.63) is 35.4 Å². The summed E-state index contributed by atoms with van der Waals surface area (Å²) in [6.07, 6.45) is -2.35. The summed E-state index contributed by atoms with van der Waals surface area (Å²) in [7, 11) is 0. The molecule has 6 heteroatoms. The third-order valence-electron chi connectivity index (χ3n) is 4.57. The van der Waals surface area contributed by atoms with Crippen molar-refractivity contribution in [1.82, 2.24) is 4.90 Å². The molecule has 0 spiro atoms. The summed E-state index contributed by atoms with van der Waals surface area (Å²) in [5.74, 6) is -0.337. The molecule has 2 rings (SSSR count). The van der Waals surface area contributed by atoms with Crippen LogP contribution in [-0.2, 0) is 11.0 Å². The molecule has 0 aromatic heterocycles. The summed E-state index contributed by atoms with van der Waals surface area (Å²) in [6, 6.07) is 5.20. The molecule has 1 aromatic carbocycles. The summed E-state index contributed by atoms with van der Waals surface area (Å²) in [5, 5.41) is 9.53. The van der Waals surface area contributed by atoms with Crippen LogP contribution in [0.2, 0.25) is 0 Å². The van der Waals surface area contributed by atoms with Crippen LogP contribution in [0.15, 0.2) is 24.3 Å². The van der Waals surface area contributed by atoms with Gasteiger partial charge in [0.15, 0.2) is 0 Å². The number of benzene rings is 1. The molecule has 1 fully saturated rings. The Kier molecular flexibility index (Phi) is 5.91. The van der Waals surface area contributed by atoms with Gasteiger partial charge in [0.05, 0.1) is 11.7 Å². The number of halogens is 3. The first-order valence-electron chi connectivity index (χ1n) is 8.33. The van der Waals surface area contributed by atoms with E-state index in [-0.39, 0.29) is 24.3 Å². The van der Waals surface area contributed by atoms with Gasteiger partial charge < -0.3 is 10.0 Å². The van der Waals surface area contributed by atoms with E-state index in [1.165, 1.54) is 6.07 Å². The van der Waals surface area contributed by atoms with Crippen molar-refractivity contribution in [2.24, 2.45) is 0 Å². The van der Waals surface area contributed by atoms with Gasteiger partial charge in [0, 0.05) is 19.0 Å². The average Bonchev–Trinajstić information content (AvgIpc) is 2.93. The van der Waals surface area contributed by atoms with Gasteiger partial charge in [-0.05, 0) is 43.7 Å². The number of aliphatic hydroxyl groups is 1. The highest BCUT2D eigenvalue weighted by molar-refractivity contribution is 5.77. The quantitative estimate of drug-likeness (QED) is 0.879. The van der Waals surface area contributed by atoms with E-state index in [2.05, 4.69) is 0 Å². The Morgan fingerprint density at radius 3 is 2.71 bits per heavy atom. The van der Waals surface area contributed by atoms with Crippen LogP contribution in [0, 0.1) is 0 Å². The highest BCUT2D eigenvalue weighted by Crippen LogP contribution is 2.32. The van der Waals surface area contributed by atoms with E-state index in [0.717, 1.165) is 25.0 Å². The molecule has 3 unspecified atom stereocenters. The highest BCUT2D eigenvalue weighted by atomic mass is 19.4. The fourth-order valence-corrected chi connectivity index (χ4v) is 3.32. The molecule has 0 radical (unpaired) electrons. The minimum atomic E-state index is -4.38. The van der Waals surface area contributed by atoms with E-state index >= 15 is 0 Å². The van der Waals surface area contributed by atoms with Gasteiger partial charge in [-0.2, -0.15) is 13.2 Å². The number of nitrogens with zero attached hydrogens (tertiary/aromatic N) is 1. The fraction of sp³-hybridized carbons (Fsp3) is 0.611. The van der Waals surface area contributed by atoms with E-state index in [1.807, 2.05) is 0 Å². The van der Waals surface area contributed by atoms with Gasteiger partial charge in [-0.1, -0.05) is 25.1 Å². The number of aliphatic hydroxyl groups excluding tert-OH is 1. The van der Waals surface area contributed by atoms with Crippen molar-refractivity contribution in [3.8, 4) is 0 Å². The topological polar surface area (TPSA) is 40.5 Å². The highest BCUT2D eigenvalue weighted by Gasteiger charge is 2.32. The molecule has 1 aliphatic rings. The van der Waals surface area contributed by atoms with Crippen molar-refractivity contribution >= 4 is 5.91 Å². The second kappa shape index (κ2) is 7.55. The molecule has 1 N–H and O–H groups in total. The molecular weight excluding hydrogens is 319 g/mol. The summed E-state index contributed by atoms with van der Waals surface area (Å²) >= 11 is 0. The van der Waals surface area contributed by atoms with Crippen LogP contribution in [0.4, 0.5) is 13.2 Å². The van der Waals surface area contributed by atoms with Crippen LogP contribution in [0.5, 0.6) is 0 Å². The molecule has 0 bridgehead atoms. The SMILES string of the molecule is CC(O)CC1CCCN1C(=O)CC(C)c1cccc(C(F)(F)F)c1. The minimum absolute atomic E-state index is 0.0335. The summed E-state index contributed by atoms with van der Waals surface area (Å²) < 4.78 is 38.4. The zero-order chi connectivity index (χ0) is 17.9. The van der Waals surface area contributed by atoms with Crippen LogP contribution in [0.1, 0.15) is 56.6 Å². The van der Waals surface area contributed by atoms with Crippen LogP contribution < -0.4 is 0 Å². The average molecular weight is 343 g/mol. The van der Waals surface area contributed by atoms with Gasteiger partial charge in [0.25, 0.3) is 0 Å². The molecule has 1 aromatic rings. The van der Waals surface area contributed by atoms with Gasteiger partial charge in [0.2, 0.25) is 5.91 Å². The molecule has 1 amide bonds. The Morgan fingerprint density at radius 1 is 1.38 bits per heavy atom. The number of amides is 1. The van der Waals surface area contributed by atoms with Crippen LogP contribution in [0.3, 0.4) is 0 Å². The number of carbonyl (C=O) groups is 1. The van der Waals surface area contributed by atoms with Crippen molar-refractivity contribution in [2.45, 2.75) is 63.8 Å². The molecular formula is C18H24F3NO2. The minimum Gasteiger partial charge on any atom is -0.393 e. The molecule has 0 saturated carbocycles. The van der Waals surface area contributed by atoms with E-state index in [1.54, 1.807) is 24.8 Å². The predicted octanol–water partition coefficient (Wildman–Crippen LogP) is 3.96. The van der Waals surface area contributed by atoms with Gasteiger partial charge in [-0.15, -0.1) is 0 Å². The van der Waals surface area contributed by atoms with Gasteiger partial charge in [-0.3, -0.25) is 4.79 Å². The lowest BCUT2D eigenvalue weighted by molar-refractivity contribution is -0.137. The lowest BCUT2D eigenvalue weighted by Crippen LogP contribution is -2.37. The maximum Gasteiger partial charge on any atom is 0.416 e. The maximum absolute atomic E-state index is 12.8. The van der Waals surface area contributed by atoms with Gasteiger partial charge in [-0.25, -0.2) is 0 Å². The Hall–Kier alpha value is -1.56. The second-order valence-corrected chi connectivity index (χ2v) is 6.70. The monoisotopic (exact) mass is 343 g/mol. The van der Waals surface area contributed by atoms with Crippen molar-refractivity contribution < 1.29 is 23.1 Å². The van der Waals surface area contributed by atoms with Crippen molar-refractivity contribution in [3.63, 3.8) is 0 Å². The predicted molar refractivity (Wildman–Crippen MR) is 85.5 cm³/mol. The maximum atomic E-state index is 12.8. The fourth-order valence-electron chi connectivity index (χ4n) is 3.32. The third-order valence-corrected chi connectivity index (χ3v) is 4.57. The third kappa shape index (κ3) is 4.72. The first-order valence-corrected chi connectivity index (χ1v) is 8.33. The van der Waals surface area contributed by atoms with Crippen LogP contribution in [-0.4, -0.2) is 34.6 Å². The standard InChI is InChI=1S/C18H24F3NO2/c1-12(14-5-3-6-15(11-14)18(19,20)21)9-17(24)22-8-4-7-16(22)10-13(2)23/h3,5-6,11-13,16,23H,4,7-10H2,1-2H3. The Bertz CT molecular complexity index is 572. The lowest BCUT2D eigenvalue weighted by atomic mass is 9.95. The normalized spacial score (nSPS) is 20.9. The molecule has 24 heavy (non-hydrogen) atoms. The van der Waals surface area contributed by atoms with Gasteiger partial charge >= 0.3 is 6.18 Å². The number of rotatable bonds is 5. The first-order chi connectivity index (χ1) is 11.2. The largest absolute Gasteiger partial charge is 0.416 e. The number of alkyl halides is 3. The second-order valence-electron chi connectivity index (χ2n) is 6.70. The van der Waals surface area contributed by atoms with E-state index in [4.69, 9.17) is 0 Å². The molecule has 3 nitrogen and oxygen atoms in total. The van der Waals surface area contributed by atoms with Crippen molar-refractivity contribution in [1.29, 1.82) is 0 Å². The summed E-state index contributed by atoms with van der Waals surface area (Å²) in [5.41, 5.74) is -0.170. The zero-order valence-electron chi connectivity index (χ0n) is 14.0. The van der Waals surface area contributed by atoms with Gasteiger partial charge in [0.1, 0.15) is 0 Å². The molecule has 1 heterocycles. The van der Waals surface area contributed by atoms with E-state index < -0.39 is 17.8 Å². The Morgan fingerprint density at radius 2 is 2.08 bits per heavy atom. The molecule has 1 saturated heterocycles. The molecule has 134 valence electrons. The summed E-state index contributed by atoms with van der Waals surface area (Å²) in [4.78, 5) is 14.3. The van der Waals surface area contributed by atoms with Crippen molar-refractivity contribution in [2.75, 3.05) is 6.54 Å². The van der Waals surface area contributed by atoms with Crippen LogP contribution in [0.25, 0.3) is 0 Å². The number of carbonyl (C=O) groups excluding carboxylic acids is 1. The Labute approximate surface area is 140 Å². The molecule has 3 atom stereocenters. The first kappa shape index (κ1) is 18.8. The summed E-state index contributed by atoms with van der Waals surface area (Å²) in [6.45, 7) is 4.13. The Balaban J connectivity index is 2.04. The number of hydrogen-bond acceptors (Lipinski definition) is 2. The zero-order valence-corrected chi connectivity index (χ0v) is 14.0. The molecule has 0 aliphatic carbocycles. The van der Waals surface area contributed by atoms with Crippen LogP contribution >= 0.6 is 0 Å². The van der Waals surface area contributed by atoms with E-state index in [9.17, 15) is 23.1 Å². The molecule has 1 aliphatic heterocycles.